The Hall–Kier alpha value is -1.12. The van der Waals surface area contributed by atoms with Crippen LogP contribution in [0.15, 0.2) is 11.1 Å². The number of carbonyl (C=O) groups is 2. The third kappa shape index (κ3) is 1.32. The number of hydrogen-bond acceptors (Lipinski definition) is 3. The summed E-state index contributed by atoms with van der Waals surface area (Å²) in [5, 5.41) is 0. The smallest absolute Gasteiger partial charge is 0.318 e. The van der Waals surface area contributed by atoms with Gasteiger partial charge in [-0.3, -0.25) is 9.59 Å². The van der Waals surface area contributed by atoms with Crippen LogP contribution in [0.25, 0.3) is 0 Å². The molecule has 0 aromatic carbocycles. The summed E-state index contributed by atoms with van der Waals surface area (Å²) in [4.78, 5) is 24.3. The fraction of sp³-hybridized carbons (Fsp3) is 0.765. The van der Waals surface area contributed by atoms with Crippen LogP contribution in [0.1, 0.15) is 53.4 Å². The van der Waals surface area contributed by atoms with E-state index in [0.717, 1.165) is 25.7 Å². The molecule has 3 heteroatoms. The summed E-state index contributed by atoms with van der Waals surface area (Å²) in [6, 6.07) is 0. The van der Waals surface area contributed by atoms with Crippen LogP contribution in [-0.4, -0.2) is 11.9 Å². The summed E-state index contributed by atoms with van der Waals surface area (Å²) < 4.78 is 4.97. The fourth-order valence-corrected chi connectivity index (χ4v) is 5.67. The van der Waals surface area contributed by atoms with E-state index in [9.17, 15) is 9.59 Å². The van der Waals surface area contributed by atoms with Crippen LogP contribution >= 0.6 is 0 Å². The number of rotatable bonds is 4. The largest absolute Gasteiger partial charge is 0.393 e. The van der Waals surface area contributed by atoms with Crippen LogP contribution in [0.4, 0.5) is 0 Å². The molecule has 0 N–H and O–H groups in total. The number of hydrogen-bond donors (Lipinski definition) is 0. The third-order valence-electron chi connectivity index (χ3n) is 6.33. The number of fused-ring (bicyclic) bond motifs is 5. The Morgan fingerprint density at radius 3 is 1.55 bits per heavy atom. The highest BCUT2D eigenvalue weighted by atomic mass is 16.6. The second-order valence-corrected chi connectivity index (χ2v) is 6.44. The summed E-state index contributed by atoms with van der Waals surface area (Å²) in [5.74, 6) is -0.437. The maximum atomic E-state index is 12.2. The highest BCUT2D eigenvalue weighted by molar-refractivity contribution is 5.98. The molecule has 110 valence electrons. The second kappa shape index (κ2) is 4.44. The molecule has 3 aliphatic rings. The van der Waals surface area contributed by atoms with E-state index in [1.54, 1.807) is 0 Å². The lowest BCUT2D eigenvalue weighted by Gasteiger charge is -2.35. The number of carbonyl (C=O) groups excluding carboxylic acids is 2. The highest BCUT2D eigenvalue weighted by Gasteiger charge is 2.71. The monoisotopic (exact) mass is 276 g/mol. The van der Waals surface area contributed by atoms with E-state index >= 15 is 0 Å². The predicted molar refractivity (Wildman–Crippen MR) is 75.7 cm³/mol. The second-order valence-electron chi connectivity index (χ2n) is 6.44. The first-order valence-corrected chi connectivity index (χ1v) is 8.04. The molecule has 0 amide bonds. The Labute approximate surface area is 120 Å². The van der Waals surface area contributed by atoms with E-state index in [0.29, 0.717) is 0 Å². The Morgan fingerprint density at radius 2 is 1.25 bits per heavy atom. The minimum absolute atomic E-state index is 0.112. The van der Waals surface area contributed by atoms with Crippen molar-refractivity contribution in [3.8, 4) is 0 Å². The minimum Gasteiger partial charge on any atom is -0.393 e. The Kier molecular flexibility index (Phi) is 3.07. The molecule has 3 rings (SSSR count). The van der Waals surface area contributed by atoms with Crippen molar-refractivity contribution in [1.29, 1.82) is 0 Å². The predicted octanol–water partition coefficient (Wildman–Crippen LogP) is 3.48. The van der Waals surface area contributed by atoms with E-state index in [4.69, 9.17) is 4.74 Å². The van der Waals surface area contributed by atoms with Gasteiger partial charge in [0.05, 0.1) is 11.8 Å². The van der Waals surface area contributed by atoms with Gasteiger partial charge in [0.25, 0.3) is 0 Å². The SMILES string of the molecule is CCC1=C(CC)C2C3C(=O)OC(=O)C3C1C2(CC)CC. The summed E-state index contributed by atoms with van der Waals surface area (Å²) in [7, 11) is 0. The average Bonchev–Trinajstić information content (AvgIpc) is 3.01. The number of cyclic esters (lactones) is 2. The van der Waals surface area contributed by atoms with Crippen molar-refractivity contribution in [1.82, 2.24) is 0 Å². The number of ether oxygens (including phenoxy) is 1. The van der Waals surface area contributed by atoms with Gasteiger partial charge in [0.2, 0.25) is 0 Å². The van der Waals surface area contributed by atoms with E-state index in [1.165, 1.54) is 11.1 Å². The normalized spacial score (nSPS) is 37.6. The van der Waals surface area contributed by atoms with Crippen molar-refractivity contribution in [3.05, 3.63) is 11.1 Å². The van der Waals surface area contributed by atoms with Gasteiger partial charge >= 0.3 is 11.9 Å². The molecule has 2 fully saturated rings. The van der Waals surface area contributed by atoms with Crippen LogP contribution in [0.3, 0.4) is 0 Å². The summed E-state index contributed by atoms with van der Waals surface area (Å²) in [5.41, 5.74) is 3.02. The van der Waals surface area contributed by atoms with Gasteiger partial charge < -0.3 is 4.74 Å². The van der Waals surface area contributed by atoms with Crippen molar-refractivity contribution < 1.29 is 14.3 Å². The third-order valence-corrected chi connectivity index (χ3v) is 6.33. The van der Waals surface area contributed by atoms with Gasteiger partial charge in [-0.25, -0.2) is 0 Å². The molecule has 1 aliphatic heterocycles. The van der Waals surface area contributed by atoms with Gasteiger partial charge in [0, 0.05) is 11.8 Å². The first-order valence-electron chi connectivity index (χ1n) is 8.04. The van der Waals surface area contributed by atoms with Gasteiger partial charge in [-0.2, -0.15) is 0 Å². The Balaban J connectivity index is 2.19. The molecule has 20 heavy (non-hydrogen) atoms. The number of esters is 2. The van der Waals surface area contributed by atoms with E-state index in [2.05, 4.69) is 27.7 Å². The quantitative estimate of drug-likeness (QED) is 0.448. The zero-order valence-electron chi connectivity index (χ0n) is 12.9. The van der Waals surface area contributed by atoms with Gasteiger partial charge in [-0.05, 0) is 31.1 Å². The van der Waals surface area contributed by atoms with Crippen molar-refractivity contribution in [2.75, 3.05) is 0 Å². The molecule has 1 saturated heterocycles. The average molecular weight is 276 g/mol. The molecule has 0 aromatic heterocycles. The van der Waals surface area contributed by atoms with Crippen LogP contribution in [0, 0.1) is 29.1 Å². The molecular formula is C17H24O3. The summed E-state index contributed by atoms with van der Waals surface area (Å²) >= 11 is 0. The first kappa shape index (κ1) is 13.8. The molecule has 4 unspecified atom stereocenters. The summed E-state index contributed by atoms with van der Waals surface area (Å²) in [6.45, 7) is 8.79. The molecule has 3 nitrogen and oxygen atoms in total. The van der Waals surface area contributed by atoms with Crippen molar-refractivity contribution in [2.24, 2.45) is 29.1 Å². The highest BCUT2D eigenvalue weighted by Crippen LogP contribution is 2.70. The molecule has 2 aliphatic carbocycles. The minimum atomic E-state index is -0.264. The van der Waals surface area contributed by atoms with E-state index in [1.807, 2.05) is 0 Å². The molecule has 1 heterocycles. The standard InChI is InChI=1S/C17H24O3/c1-5-9-10(6-2)14-12-11(15(18)20-16(12)19)13(9)17(14,7-3)8-4/h11-14H,5-8H2,1-4H3. The van der Waals surface area contributed by atoms with Gasteiger partial charge in [0.15, 0.2) is 0 Å². The topological polar surface area (TPSA) is 43.4 Å². The van der Waals surface area contributed by atoms with Crippen LogP contribution in [0.5, 0.6) is 0 Å². The van der Waals surface area contributed by atoms with Crippen molar-refractivity contribution in [3.63, 3.8) is 0 Å². The molecule has 0 spiro atoms. The molecular weight excluding hydrogens is 252 g/mol. The zero-order valence-corrected chi connectivity index (χ0v) is 12.9. The molecule has 1 saturated carbocycles. The van der Waals surface area contributed by atoms with E-state index < -0.39 is 0 Å². The number of allylic oxidation sites excluding steroid dienone is 2. The van der Waals surface area contributed by atoms with Gasteiger partial charge in [-0.15, -0.1) is 0 Å². The van der Waals surface area contributed by atoms with Gasteiger partial charge in [-0.1, -0.05) is 38.8 Å². The van der Waals surface area contributed by atoms with Crippen molar-refractivity contribution >= 4 is 11.9 Å². The van der Waals surface area contributed by atoms with Crippen LogP contribution < -0.4 is 0 Å². The lowest BCUT2D eigenvalue weighted by atomic mass is 9.69. The molecule has 4 atom stereocenters. The maximum Gasteiger partial charge on any atom is 0.318 e. The Morgan fingerprint density at radius 1 is 0.850 bits per heavy atom. The summed E-state index contributed by atoms with van der Waals surface area (Å²) in [6.07, 6.45) is 4.08. The maximum absolute atomic E-state index is 12.2. The zero-order chi connectivity index (χ0) is 14.7. The van der Waals surface area contributed by atoms with E-state index in [-0.39, 0.29) is 41.0 Å². The van der Waals surface area contributed by atoms with Gasteiger partial charge in [0.1, 0.15) is 0 Å². The lowest BCUT2D eigenvalue weighted by Crippen LogP contribution is -2.31. The van der Waals surface area contributed by atoms with Crippen molar-refractivity contribution in [2.45, 2.75) is 53.4 Å². The first-order chi connectivity index (χ1) is 9.57. The van der Waals surface area contributed by atoms with Crippen LogP contribution in [-0.2, 0) is 14.3 Å². The Bertz CT molecular complexity index is 458. The lowest BCUT2D eigenvalue weighted by molar-refractivity contribution is -0.156. The molecule has 0 radical (unpaired) electrons. The van der Waals surface area contributed by atoms with Crippen LogP contribution in [0.2, 0.25) is 0 Å². The molecule has 0 aromatic rings. The fourth-order valence-electron chi connectivity index (χ4n) is 5.67. The molecule has 2 bridgehead atoms.